The molecule has 0 saturated heterocycles. The monoisotopic (exact) mass is 250 g/mol. The highest BCUT2D eigenvalue weighted by atomic mass is 15.2. The Morgan fingerprint density at radius 3 is 2.56 bits per heavy atom. The van der Waals surface area contributed by atoms with Gasteiger partial charge in [-0.25, -0.2) is 9.97 Å². The fraction of sp³-hybridized carbons (Fsp3) is 0.714. The maximum absolute atomic E-state index is 4.45. The van der Waals surface area contributed by atoms with Crippen LogP contribution in [-0.4, -0.2) is 29.6 Å². The van der Waals surface area contributed by atoms with Gasteiger partial charge in [0, 0.05) is 25.2 Å². The minimum absolute atomic E-state index is 0.631. The summed E-state index contributed by atoms with van der Waals surface area (Å²) in [6.07, 6.45) is 2.76. The highest BCUT2D eigenvalue weighted by Crippen LogP contribution is 2.22. The van der Waals surface area contributed by atoms with Crippen molar-refractivity contribution >= 4 is 11.6 Å². The molecule has 0 unspecified atom stereocenters. The van der Waals surface area contributed by atoms with E-state index in [-0.39, 0.29) is 0 Å². The third kappa shape index (κ3) is 3.86. The number of nitrogens with zero attached hydrogens (tertiary/aromatic N) is 3. The average molecular weight is 250 g/mol. The van der Waals surface area contributed by atoms with Gasteiger partial charge in [0.05, 0.1) is 0 Å². The average Bonchev–Trinajstić information content (AvgIpc) is 2.35. The van der Waals surface area contributed by atoms with Gasteiger partial charge in [0.15, 0.2) is 0 Å². The number of aromatic nitrogens is 2. The van der Waals surface area contributed by atoms with Crippen molar-refractivity contribution in [1.82, 2.24) is 9.97 Å². The highest BCUT2D eigenvalue weighted by molar-refractivity contribution is 5.57. The van der Waals surface area contributed by atoms with E-state index in [0.29, 0.717) is 5.92 Å². The molecule has 0 aliphatic heterocycles. The summed E-state index contributed by atoms with van der Waals surface area (Å²) in [6, 6.07) is 0. The molecule has 1 N–H and O–H groups in total. The molecular weight excluding hydrogens is 224 g/mol. The minimum Gasteiger partial charge on any atom is -0.370 e. The third-order valence-corrected chi connectivity index (χ3v) is 2.87. The van der Waals surface area contributed by atoms with E-state index in [0.717, 1.165) is 43.3 Å². The van der Waals surface area contributed by atoms with Crippen LogP contribution in [0.2, 0.25) is 0 Å². The topological polar surface area (TPSA) is 41.1 Å². The first-order valence-corrected chi connectivity index (χ1v) is 6.90. The molecular formula is C14H26N4. The van der Waals surface area contributed by atoms with Crippen LogP contribution in [0.15, 0.2) is 6.33 Å². The summed E-state index contributed by atoms with van der Waals surface area (Å²) in [5.41, 5.74) is 1.15. The molecule has 0 atom stereocenters. The Kier molecular flexibility index (Phi) is 5.89. The molecule has 0 fully saturated rings. The second kappa shape index (κ2) is 7.19. The second-order valence-electron chi connectivity index (χ2n) is 5.03. The quantitative estimate of drug-likeness (QED) is 0.807. The predicted molar refractivity (Wildman–Crippen MR) is 78.3 cm³/mol. The molecule has 0 saturated carbocycles. The fourth-order valence-electron chi connectivity index (χ4n) is 1.99. The molecule has 18 heavy (non-hydrogen) atoms. The Balaban J connectivity index is 2.93. The Labute approximate surface area is 111 Å². The van der Waals surface area contributed by atoms with Crippen LogP contribution < -0.4 is 10.2 Å². The standard InChI is InChI=1S/C14H26N4/c1-6-8-15-13-12(5)14(17-10-16-13)18(7-2)9-11(3)4/h10-11H,6-9H2,1-5H3,(H,15,16,17). The normalized spacial score (nSPS) is 10.8. The molecule has 0 radical (unpaired) electrons. The van der Waals surface area contributed by atoms with E-state index in [1.807, 2.05) is 0 Å². The molecule has 1 aromatic rings. The zero-order chi connectivity index (χ0) is 13.5. The van der Waals surface area contributed by atoms with Crippen LogP contribution in [0.3, 0.4) is 0 Å². The molecule has 0 bridgehead atoms. The molecule has 1 heterocycles. The first-order valence-electron chi connectivity index (χ1n) is 6.90. The van der Waals surface area contributed by atoms with Crippen LogP contribution in [0.4, 0.5) is 11.6 Å². The van der Waals surface area contributed by atoms with E-state index in [1.54, 1.807) is 6.33 Å². The van der Waals surface area contributed by atoms with Gasteiger partial charge in [0.1, 0.15) is 18.0 Å². The second-order valence-corrected chi connectivity index (χ2v) is 5.03. The van der Waals surface area contributed by atoms with Gasteiger partial charge >= 0.3 is 0 Å². The van der Waals surface area contributed by atoms with Crippen molar-refractivity contribution in [3.63, 3.8) is 0 Å². The number of hydrogen-bond donors (Lipinski definition) is 1. The number of hydrogen-bond acceptors (Lipinski definition) is 4. The zero-order valence-corrected chi connectivity index (χ0v) is 12.3. The lowest BCUT2D eigenvalue weighted by Gasteiger charge is -2.26. The Hall–Kier alpha value is -1.32. The summed E-state index contributed by atoms with van der Waals surface area (Å²) in [6.45, 7) is 13.8. The van der Waals surface area contributed by atoms with Crippen molar-refractivity contribution in [2.45, 2.75) is 41.0 Å². The van der Waals surface area contributed by atoms with Gasteiger partial charge < -0.3 is 10.2 Å². The molecule has 4 nitrogen and oxygen atoms in total. The van der Waals surface area contributed by atoms with E-state index in [2.05, 4.69) is 54.8 Å². The van der Waals surface area contributed by atoms with Gasteiger partial charge in [0.2, 0.25) is 0 Å². The maximum atomic E-state index is 4.45. The first-order chi connectivity index (χ1) is 8.60. The van der Waals surface area contributed by atoms with Gasteiger partial charge in [0.25, 0.3) is 0 Å². The van der Waals surface area contributed by atoms with Crippen LogP contribution in [0.1, 0.15) is 39.7 Å². The van der Waals surface area contributed by atoms with Crippen LogP contribution >= 0.6 is 0 Å². The van der Waals surface area contributed by atoms with Crippen molar-refractivity contribution in [2.75, 3.05) is 29.9 Å². The third-order valence-electron chi connectivity index (χ3n) is 2.87. The molecule has 1 rings (SSSR count). The van der Waals surface area contributed by atoms with Gasteiger partial charge in [-0.1, -0.05) is 20.8 Å². The van der Waals surface area contributed by atoms with E-state index in [4.69, 9.17) is 0 Å². The molecule has 4 heteroatoms. The Morgan fingerprint density at radius 1 is 1.28 bits per heavy atom. The summed E-state index contributed by atoms with van der Waals surface area (Å²) < 4.78 is 0. The summed E-state index contributed by atoms with van der Waals surface area (Å²) in [5, 5.41) is 3.36. The SMILES string of the molecule is CCCNc1ncnc(N(CC)CC(C)C)c1C. The lowest BCUT2D eigenvalue weighted by Crippen LogP contribution is -2.29. The van der Waals surface area contributed by atoms with E-state index in [9.17, 15) is 0 Å². The van der Waals surface area contributed by atoms with E-state index in [1.165, 1.54) is 0 Å². The lowest BCUT2D eigenvalue weighted by molar-refractivity contribution is 0.613. The molecule has 0 aliphatic rings. The molecule has 0 amide bonds. The highest BCUT2D eigenvalue weighted by Gasteiger charge is 2.13. The molecule has 0 aliphatic carbocycles. The van der Waals surface area contributed by atoms with Gasteiger partial charge in [-0.15, -0.1) is 0 Å². The van der Waals surface area contributed by atoms with Crippen molar-refractivity contribution < 1.29 is 0 Å². The first kappa shape index (κ1) is 14.7. The number of rotatable bonds is 7. The van der Waals surface area contributed by atoms with Gasteiger partial charge in [-0.2, -0.15) is 0 Å². The predicted octanol–water partition coefficient (Wildman–Crippen LogP) is 3.09. The molecule has 1 aromatic heterocycles. The summed E-state index contributed by atoms with van der Waals surface area (Å²) in [5.74, 6) is 2.65. The molecule has 0 spiro atoms. The maximum Gasteiger partial charge on any atom is 0.137 e. The molecule has 0 aromatic carbocycles. The zero-order valence-electron chi connectivity index (χ0n) is 12.3. The fourth-order valence-corrected chi connectivity index (χ4v) is 1.99. The van der Waals surface area contributed by atoms with Gasteiger partial charge in [-0.05, 0) is 26.2 Å². The molecule has 102 valence electrons. The van der Waals surface area contributed by atoms with Crippen molar-refractivity contribution in [3.05, 3.63) is 11.9 Å². The van der Waals surface area contributed by atoms with Crippen LogP contribution in [0.25, 0.3) is 0 Å². The van der Waals surface area contributed by atoms with E-state index < -0.39 is 0 Å². The summed E-state index contributed by atoms with van der Waals surface area (Å²) in [4.78, 5) is 11.1. The van der Waals surface area contributed by atoms with Crippen LogP contribution in [-0.2, 0) is 0 Å². The van der Waals surface area contributed by atoms with Crippen LogP contribution in [0, 0.1) is 12.8 Å². The minimum atomic E-state index is 0.631. The number of anilines is 2. The summed E-state index contributed by atoms with van der Waals surface area (Å²) >= 11 is 0. The van der Waals surface area contributed by atoms with Crippen LogP contribution in [0.5, 0.6) is 0 Å². The van der Waals surface area contributed by atoms with Crippen molar-refractivity contribution in [1.29, 1.82) is 0 Å². The van der Waals surface area contributed by atoms with Gasteiger partial charge in [-0.3, -0.25) is 0 Å². The number of nitrogens with one attached hydrogen (secondary N) is 1. The van der Waals surface area contributed by atoms with Crippen molar-refractivity contribution in [3.8, 4) is 0 Å². The van der Waals surface area contributed by atoms with E-state index >= 15 is 0 Å². The Morgan fingerprint density at radius 2 is 2.00 bits per heavy atom. The Bertz CT molecular complexity index is 363. The largest absolute Gasteiger partial charge is 0.370 e. The lowest BCUT2D eigenvalue weighted by atomic mass is 10.2. The van der Waals surface area contributed by atoms with Crippen molar-refractivity contribution in [2.24, 2.45) is 5.92 Å². The smallest absolute Gasteiger partial charge is 0.137 e. The summed E-state index contributed by atoms with van der Waals surface area (Å²) in [7, 11) is 0.